The Labute approximate surface area is 80.9 Å². The summed E-state index contributed by atoms with van der Waals surface area (Å²) in [5.74, 6) is -2.86. The average molecular weight is 203 g/mol. The molecule has 3 N–H and O–H groups in total. The first kappa shape index (κ1) is 10.9. The Morgan fingerprint density at radius 3 is 2.79 bits per heavy atom. The van der Waals surface area contributed by atoms with Gasteiger partial charge in [0.1, 0.15) is 12.6 Å². The summed E-state index contributed by atoms with van der Waals surface area (Å²) >= 11 is 0. The number of hydrogen-bond acceptors (Lipinski definition) is 5. The van der Waals surface area contributed by atoms with Crippen molar-refractivity contribution >= 4 is 11.9 Å². The molecule has 6 heteroatoms. The van der Waals surface area contributed by atoms with Crippen molar-refractivity contribution in [2.75, 3.05) is 6.61 Å². The van der Waals surface area contributed by atoms with Crippen molar-refractivity contribution in [1.82, 2.24) is 5.32 Å². The molecule has 0 bridgehead atoms. The smallest absolute Gasteiger partial charge is 0.328 e. The van der Waals surface area contributed by atoms with E-state index in [0.29, 0.717) is 12.8 Å². The standard InChI is InChI=1S/C8H13NO5/c1-8(12,13)4-14-7(11)5-2-3-6(10)9-5/h5,12-13H,2-4H2,1H3,(H,9,10)/t5-/m0/s1. The van der Waals surface area contributed by atoms with E-state index in [9.17, 15) is 9.59 Å². The van der Waals surface area contributed by atoms with E-state index in [1.807, 2.05) is 0 Å². The molecule has 1 aliphatic rings. The Kier molecular flexibility index (Phi) is 3.07. The molecule has 1 fully saturated rings. The Bertz CT molecular complexity index is 245. The van der Waals surface area contributed by atoms with Crippen LogP contribution >= 0.6 is 0 Å². The van der Waals surface area contributed by atoms with Crippen LogP contribution in [0.5, 0.6) is 0 Å². The zero-order valence-electron chi connectivity index (χ0n) is 7.82. The van der Waals surface area contributed by atoms with Gasteiger partial charge < -0.3 is 20.3 Å². The molecule has 1 saturated heterocycles. The molecule has 1 atom stereocenters. The van der Waals surface area contributed by atoms with E-state index in [1.165, 1.54) is 0 Å². The molecule has 1 heterocycles. The number of aliphatic hydroxyl groups is 2. The molecule has 6 nitrogen and oxygen atoms in total. The molecule has 80 valence electrons. The second-order valence-electron chi connectivity index (χ2n) is 3.48. The second-order valence-corrected chi connectivity index (χ2v) is 3.48. The monoisotopic (exact) mass is 203 g/mol. The van der Waals surface area contributed by atoms with Crippen molar-refractivity contribution in [3.8, 4) is 0 Å². The highest BCUT2D eigenvalue weighted by Gasteiger charge is 2.29. The minimum Gasteiger partial charge on any atom is -0.458 e. The molecule has 0 saturated carbocycles. The second kappa shape index (κ2) is 3.93. The lowest BCUT2D eigenvalue weighted by molar-refractivity contribution is -0.193. The third kappa shape index (κ3) is 3.31. The van der Waals surface area contributed by atoms with E-state index in [2.05, 4.69) is 10.1 Å². The van der Waals surface area contributed by atoms with Gasteiger partial charge in [-0.15, -0.1) is 0 Å². The minimum absolute atomic E-state index is 0.192. The first-order chi connectivity index (χ1) is 6.38. The Morgan fingerprint density at radius 1 is 1.71 bits per heavy atom. The van der Waals surface area contributed by atoms with Gasteiger partial charge in [-0.3, -0.25) is 4.79 Å². The lowest BCUT2D eigenvalue weighted by Crippen LogP contribution is -2.38. The quantitative estimate of drug-likeness (QED) is 0.383. The molecular weight excluding hydrogens is 190 g/mol. The first-order valence-corrected chi connectivity index (χ1v) is 4.29. The molecule has 0 aliphatic carbocycles. The van der Waals surface area contributed by atoms with Crippen molar-refractivity contribution in [2.45, 2.75) is 31.6 Å². The summed E-state index contributed by atoms with van der Waals surface area (Å²) in [5, 5.41) is 20.1. The van der Waals surface area contributed by atoms with E-state index in [1.54, 1.807) is 0 Å². The lowest BCUT2D eigenvalue weighted by Gasteiger charge is -2.17. The summed E-state index contributed by atoms with van der Waals surface area (Å²) < 4.78 is 4.59. The Balaban J connectivity index is 2.32. The minimum atomic E-state index is -2.03. The average Bonchev–Trinajstić information content (AvgIpc) is 2.46. The zero-order valence-corrected chi connectivity index (χ0v) is 7.82. The summed E-state index contributed by atoms with van der Waals surface area (Å²) in [7, 11) is 0. The van der Waals surface area contributed by atoms with Crippen LogP contribution < -0.4 is 5.32 Å². The molecule has 1 aliphatic heterocycles. The molecule has 0 aromatic carbocycles. The molecule has 1 amide bonds. The van der Waals surface area contributed by atoms with Crippen molar-refractivity contribution in [3.05, 3.63) is 0 Å². The molecule has 0 aromatic heterocycles. The van der Waals surface area contributed by atoms with Gasteiger partial charge in [0.25, 0.3) is 0 Å². The highest BCUT2D eigenvalue weighted by molar-refractivity contribution is 5.88. The number of amides is 1. The third-order valence-corrected chi connectivity index (χ3v) is 1.77. The van der Waals surface area contributed by atoms with Crippen molar-refractivity contribution in [1.29, 1.82) is 0 Å². The van der Waals surface area contributed by atoms with Crippen LogP contribution in [0.15, 0.2) is 0 Å². The molecule has 0 aromatic rings. The van der Waals surface area contributed by atoms with Gasteiger partial charge in [-0.1, -0.05) is 0 Å². The van der Waals surface area contributed by atoms with E-state index in [0.717, 1.165) is 6.92 Å². The van der Waals surface area contributed by atoms with Crippen LogP contribution in [0, 0.1) is 0 Å². The number of hydrogen-bond donors (Lipinski definition) is 3. The van der Waals surface area contributed by atoms with Crippen molar-refractivity contribution < 1.29 is 24.5 Å². The van der Waals surface area contributed by atoms with E-state index >= 15 is 0 Å². The van der Waals surface area contributed by atoms with Crippen LogP contribution in [0.25, 0.3) is 0 Å². The summed E-state index contributed by atoms with van der Waals surface area (Å²) in [6.07, 6.45) is 0.695. The molecule has 0 radical (unpaired) electrons. The van der Waals surface area contributed by atoms with Gasteiger partial charge in [0.15, 0.2) is 5.79 Å². The maximum Gasteiger partial charge on any atom is 0.328 e. The van der Waals surface area contributed by atoms with Crippen LogP contribution in [0.4, 0.5) is 0 Å². The molecule has 1 rings (SSSR count). The van der Waals surface area contributed by atoms with Crippen LogP contribution in [-0.4, -0.2) is 40.5 Å². The van der Waals surface area contributed by atoms with Gasteiger partial charge in [-0.05, 0) is 13.3 Å². The van der Waals surface area contributed by atoms with Crippen LogP contribution in [0.2, 0.25) is 0 Å². The number of nitrogens with one attached hydrogen (secondary N) is 1. The lowest BCUT2D eigenvalue weighted by atomic mass is 10.2. The molecular formula is C8H13NO5. The summed E-state index contributed by atoms with van der Waals surface area (Å²) in [4.78, 5) is 21.9. The van der Waals surface area contributed by atoms with Gasteiger partial charge in [0, 0.05) is 6.42 Å². The largest absolute Gasteiger partial charge is 0.458 e. The number of ether oxygens (including phenoxy) is 1. The van der Waals surface area contributed by atoms with Crippen LogP contribution in [0.1, 0.15) is 19.8 Å². The highest BCUT2D eigenvalue weighted by Crippen LogP contribution is 2.09. The highest BCUT2D eigenvalue weighted by atomic mass is 16.6. The van der Waals surface area contributed by atoms with Crippen molar-refractivity contribution in [3.63, 3.8) is 0 Å². The summed E-state index contributed by atoms with van der Waals surface area (Å²) in [6.45, 7) is 0.603. The van der Waals surface area contributed by atoms with Crippen molar-refractivity contribution in [2.24, 2.45) is 0 Å². The number of carbonyl (C=O) groups excluding carboxylic acids is 2. The zero-order chi connectivity index (χ0) is 10.8. The van der Waals surface area contributed by atoms with Gasteiger partial charge in [-0.25, -0.2) is 4.79 Å². The number of carbonyl (C=O) groups is 2. The Hall–Kier alpha value is -1.14. The van der Waals surface area contributed by atoms with Gasteiger partial charge in [0.2, 0.25) is 5.91 Å². The van der Waals surface area contributed by atoms with E-state index < -0.39 is 24.4 Å². The fourth-order valence-electron chi connectivity index (χ4n) is 1.10. The third-order valence-electron chi connectivity index (χ3n) is 1.77. The number of esters is 1. The van der Waals surface area contributed by atoms with E-state index in [4.69, 9.17) is 10.2 Å². The molecule has 0 spiro atoms. The SMILES string of the molecule is CC(O)(O)COC(=O)[C@@H]1CCC(=O)N1. The Morgan fingerprint density at radius 2 is 2.36 bits per heavy atom. The molecule has 0 unspecified atom stereocenters. The maximum absolute atomic E-state index is 11.2. The maximum atomic E-state index is 11.2. The van der Waals surface area contributed by atoms with E-state index in [-0.39, 0.29) is 5.91 Å². The van der Waals surface area contributed by atoms with Gasteiger partial charge in [0.05, 0.1) is 0 Å². The first-order valence-electron chi connectivity index (χ1n) is 4.29. The predicted molar refractivity (Wildman–Crippen MR) is 45.0 cm³/mol. The fraction of sp³-hybridized carbons (Fsp3) is 0.750. The van der Waals surface area contributed by atoms with Gasteiger partial charge in [-0.2, -0.15) is 0 Å². The number of rotatable bonds is 3. The fourth-order valence-corrected chi connectivity index (χ4v) is 1.10. The normalized spacial score (nSPS) is 21.9. The van der Waals surface area contributed by atoms with Crippen LogP contribution in [-0.2, 0) is 14.3 Å². The van der Waals surface area contributed by atoms with Gasteiger partial charge >= 0.3 is 5.97 Å². The predicted octanol–water partition coefficient (Wildman–Crippen LogP) is -1.49. The van der Waals surface area contributed by atoms with Crippen LogP contribution in [0.3, 0.4) is 0 Å². The summed E-state index contributed by atoms with van der Waals surface area (Å²) in [6, 6.07) is -0.648. The molecule has 14 heavy (non-hydrogen) atoms. The summed E-state index contributed by atoms with van der Waals surface area (Å²) in [5.41, 5.74) is 0. The topological polar surface area (TPSA) is 95.9 Å².